The second-order valence-electron chi connectivity index (χ2n) is 3.80. The summed E-state index contributed by atoms with van der Waals surface area (Å²) in [5.41, 5.74) is 0. The van der Waals surface area contributed by atoms with Crippen LogP contribution < -0.4 is 5.32 Å². The van der Waals surface area contributed by atoms with Crippen molar-refractivity contribution in [2.45, 2.75) is 26.4 Å². The smallest absolute Gasteiger partial charge is 0.287 e. The summed E-state index contributed by atoms with van der Waals surface area (Å²) in [5, 5.41) is 9.64. The molecular formula is C11H14N4O2S. The van der Waals surface area contributed by atoms with Crippen LogP contribution in [0.2, 0.25) is 0 Å². The molecule has 0 aliphatic heterocycles. The van der Waals surface area contributed by atoms with Crippen molar-refractivity contribution in [2.75, 3.05) is 0 Å². The average molecular weight is 266 g/mol. The Balaban J connectivity index is 2.15. The Morgan fingerprint density at radius 2 is 2.50 bits per heavy atom. The number of amides is 1. The molecule has 0 saturated carbocycles. The molecule has 0 fully saturated rings. The van der Waals surface area contributed by atoms with Crippen LogP contribution in [0.1, 0.15) is 36.3 Å². The van der Waals surface area contributed by atoms with Gasteiger partial charge < -0.3 is 14.3 Å². The number of nitrogens with one attached hydrogen (secondary N) is 2. The molecule has 2 rings (SSSR count). The van der Waals surface area contributed by atoms with E-state index in [-0.39, 0.29) is 17.7 Å². The Bertz CT molecular complexity index is 584. The SMILES string of the molecule is CCn1c([C@H](C)NC(=O)c2ccco2)n[nH]c1=S. The molecule has 0 aliphatic carbocycles. The van der Waals surface area contributed by atoms with Crippen LogP contribution in [-0.4, -0.2) is 20.7 Å². The van der Waals surface area contributed by atoms with Crippen LogP contribution in [-0.2, 0) is 6.54 Å². The lowest BCUT2D eigenvalue weighted by Crippen LogP contribution is -2.28. The molecule has 2 heterocycles. The third kappa shape index (κ3) is 2.35. The number of carbonyl (C=O) groups is 1. The quantitative estimate of drug-likeness (QED) is 0.830. The summed E-state index contributed by atoms with van der Waals surface area (Å²) < 4.78 is 7.41. The highest BCUT2D eigenvalue weighted by molar-refractivity contribution is 7.71. The van der Waals surface area contributed by atoms with Gasteiger partial charge in [-0.25, -0.2) is 0 Å². The Labute approximate surface area is 109 Å². The lowest BCUT2D eigenvalue weighted by molar-refractivity contribution is 0.0909. The van der Waals surface area contributed by atoms with Crippen molar-refractivity contribution in [3.05, 3.63) is 34.8 Å². The Kier molecular flexibility index (Phi) is 3.61. The number of H-pyrrole nitrogens is 1. The van der Waals surface area contributed by atoms with Crippen molar-refractivity contribution < 1.29 is 9.21 Å². The maximum absolute atomic E-state index is 11.8. The number of hydrogen-bond donors (Lipinski definition) is 2. The maximum atomic E-state index is 11.8. The topological polar surface area (TPSA) is 75.8 Å². The summed E-state index contributed by atoms with van der Waals surface area (Å²) in [6, 6.07) is 3.02. The maximum Gasteiger partial charge on any atom is 0.287 e. The molecule has 2 aromatic heterocycles. The van der Waals surface area contributed by atoms with Gasteiger partial charge in [-0.2, -0.15) is 5.10 Å². The van der Waals surface area contributed by atoms with Gasteiger partial charge in [-0.1, -0.05) is 0 Å². The van der Waals surface area contributed by atoms with Gasteiger partial charge in [0.05, 0.1) is 12.3 Å². The molecule has 0 bridgehead atoms. The van der Waals surface area contributed by atoms with E-state index in [2.05, 4.69) is 15.5 Å². The lowest BCUT2D eigenvalue weighted by atomic mass is 10.3. The minimum absolute atomic E-state index is 0.254. The highest BCUT2D eigenvalue weighted by Crippen LogP contribution is 2.11. The van der Waals surface area contributed by atoms with Crippen molar-refractivity contribution in [1.82, 2.24) is 20.1 Å². The lowest BCUT2D eigenvalue weighted by Gasteiger charge is -2.12. The molecule has 2 aromatic rings. The Morgan fingerprint density at radius 3 is 3.11 bits per heavy atom. The Hall–Kier alpha value is -1.89. The second-order valence-corrected chi connectivity index (χ2v) is 4.19. The number of aromatic nitrogens is 3. The standard InChI is InChI=1S/C11H14N4O2S/c1-3-15-9(13-14-11(15)18)7(2)12-10(16)8-5-4-6-17-8/h4-7H,3H2,1-2H3,(H,12,16)(H,14,18)/t7-/m0/s1. The van der Waals surface area contributed by atoms with Gasteiger partial charge in [0.25, 0.3) is 5.91 Å². The van der Waals surface area contributed by atoms with Crippen molar-refractivity contribution in [3.63, 3.8) is 0 Å². The molecule has 0 spiro atoms. The van der Waals surface area contributed by atoms with Crippen molar-refractivity contribution in [1.29, 1.82) is 0 Å². The molecular weight excluding hydrogens is 252 g/mol. The fourth-order valence-corrected chi connectivity index (χ4v) is 1.97. The first-order valence-corrected chi connectivity index (χ1v) is 6.03. The van der Waals surface area contributed by atoms with Gasteiger partial charge in [0, 0.05) is 6.54 Å². The van der Waals surface area contributed by atoms with E-state index in [0.29, 0.717) is 17.1 Å². The largest absolute Gasteiger partial charge is 0.459 e. The molecule has 0 saturated heterocycles. The third-order valence-electron chi connectivity index (χ3n) is 2.58. The molecule has 6 nitrogen and oxygen atoms in total. The zero-order chi connectivity index (χ0) is 13.1. The van der Waals surface area contributed by atoms with E-state index in [1.165, 1.54) is 6.26 Å². The van der Waals surface area contributed by atoms with E-state index in [1.807, 2.05) is 18.4 Å². The Morgan fingerprint density at radius 1 is 1.72 bits per heavy atom. The monoisotopic (exact) mass is 266 g/mol. The predicted molar refractivity (Wildman–Crippen MR) is 67.7 cm³/mol. The number of aromatic amines is 1. The molecule has 0 aromatic carbocycles. The first-order valence-electron chi connectivity index (χ1n) is 5.63. The summed E-state index contributed by atoms with van der Waals surface area (Å²) in [6.07, 6.45) is 1.46. The molecule has 18 heavy (non-hydrogen) atoms. The van der Waals surface area contributed by atoms with Crippen LogP contribution in [0, 0.1) is 4.77 Å². The van der Waals surface area contributed by atoms with Gasteiger partial charge in [0.1, 0.15) is 0 Å². The van der Waals surface area contributed by atoms with E-state index in [9.17, 15) is 4.79 Å². The zero-order valence-electron chi connectivity index (χ0n) is 10.1. The van der Waals surface area contributed by atoms with Crippen LogP contribution in [0.25, 0.3) is 0 Å². The minimum Gasteiger partial charge on any atom is -0.459 e. The summed E-state index contributed by atoms with van der Waals surface area (Å²) in [6.45, 7) is 4.51. The van der Waals surface area contributed by atoms with E-state index < -0.39 is 0 Å². The molecule has 7 heteroatoms. The van der Waals surface area contributed by atoms with Gasteiger partial charge in [0.15, 0.2) is 16.4 Å². The summed E-state index contributed by atoms with van der Waals surface area (Å²) in [5.74, 6) is 0.700. The molecule has 0 radical (unpaired) electrons. The van der Waals surface area contributed by atoms with E-state index in [0.717, 1.165) is 0 Å². The third-order valence-corrected chi connectivity index (χ3v) is 2.90. The van der Waals surface area contributed by atoms with Crippen molar-refractivity contribution in [3.8, 4) is 0 Å². The van der Waals surface area contributed by atoms with Crippen LogP contribution in [0.3, 0.4) is 0 Å². The fourth-order valence-electron chi connectivity index (χ4n) is 1.71. The zero-order valence-corrected chi connectivity index (χ0v) is 11.0. The van der Waals surface area contributed by atoms with Crippen LogP contribution in [0.15, 0.2) is 22.8 Å². The summed E-state index contributed by atoms with van der Waals surface area (Å²) in [7, 11) is 0. The molecule has 0 aliphatic rings. The number of carbonyl (C=O) groups excluding carboxylic acids is 1. The van der Waals surface area contributed by atoms with Crippen molar-refractivity contribution in [2.24, 2.45) is 0 Å². The van der Waals surface area contributed by atoms with Crippen LogP contribution in [0.5, 0.6) is 0 Å². The molecule has 1 atom stereocenters. The number of rotatable bonds is 4. The van der Waals surface area contributed by atoms with Crippen molar-refractivity contribution >= 4 is 18.1 Å². The number of furan rings is 1. The summed E-state index contributed by atoms with van der Waals surface area (Å²) >= 11 is 5.10. The van der Waals surface area contributed by atoms with Gasteiger partial charge >= 0.3 is 0 Å². The predicted octanol–water partition coefficient (Wildman–Crippen LogP) is 2.04. The highest BCUT2D eigenvalue weighted by Gasteiger charge is 2.17. The minimum atomic E-state index is -0.274. The average Bonchev–Trinajstić information content (AvgIpc) is 2.97. The van der Waals surface area contributed by atoms with Gasteiger partial charge in [-0.05, 0) is 38.2 Å². The van der Waals surface area contributed by atoms with E-state index in [4.69, 9.17) is 16.6 Å². The number of nitrogens with zero attached hydrogens (tertiary/aromatic N) is 2. The van der Waals surface area contributed by atoms with E-state index >= 15 is 0 Å². The molecule has 96 valence electrons. The normalized spacial score (nSPS) is 12.3. The molecule has 2 N–H and O–H groups in total. The highest BCUT2D eigenvalue weighted by atomic mass is 32.1. The van der Waals surface area contributed by atoms with Gasteiger partial charge in [-0.3, -0.25) is 9.89 Å². The fraction of sp³-hybridized carbons (Fsp3) is 0.364. The van der Waals surface area contributed by atoms with Crippen LogP contribution in [0.4, 0.5) is 0 Å². The van der Waals surface area contributed by atoms with Gasteiger partial charge in [-0.15, -0.1) is 0 Å². The first kappa shape index (κ1) is 12.6. The molecule has 1 amide bonds. The second kappa shape index (κ2) is 5.18. The van der Waals surface area contributed by atoms with E-state index in [1.54, 1.807) is 12.1 Å². The van der Waals surface area contributed by atoms with Crippen LogP contribution >= 0.6 is 12.2 Å². The number of hydrogen-bond acceptors (Lipinski definition) is 4. The van der Waals surface area contributed by atoms with Gasteiger partial charge in [0.2, 0.25) is 0 Å². The first-order chi connectivity index (χ1) is 8.63. The molecule has 0 unspecified atom stereocenters. The summed E-state index contributed by atoms with van der Waals surface area (Å²) in [4.78, 5) is 11.8.